The van der Waals surface area contributed by atoms with E-state index in [0.717, 1.165) is 29.2 Å². The second-order valence-electron chi connectivity index (χ2n) is 5.32. The Labute approximate surface area is 137 Å². The molecule has 4 heteroatoms. The normalized spacial score (nSPS) is 10.2. The maximum absolute atomic E-state index is 12.1. The van der Waals surface area contributed by atoms with Crippen molar-refractivity contribution >= 4 is 11.6 Å². The van der Waals surface area contributed by atoms with Gasteiger partial charge in [-0.05, 0) is 48.2 Å². The number of anilines is 1. The number of ether oxygens (including phenoxy) is 2. The minimum absolute atomic E-state index is 0.0000368. The first-order valence-corrected chi connectivity index (χ1v) is 7.75. The van der Waals surface area contributed by atoms with E-state index < -0.39 is 0 Å². The van der Waals surface area contributed by atoms with Gasteiger partial charge >= 0.3 is 0 Å². The molecule has 2 aromatic rings. The zero-order chi connectivity index (χ0) is 16.7. The van der Waals surface area contributed by atoms with E-state index in [9.17, 15) is 4.79 Å². The predicted octanol–water partition coefficient (Wildman–Crippen LogP) is 3.84. The summed E-state index contributed by atoms with van der Waals surface area (Å²) in [6.45, 7) is 2.09. The zero-order valence-corrected chi connectivity index (χ0v) is 13.9. The highest BCUT2D eigenvalue weighted by atomic mass is 16.5. The predicted molar refractivity (Wildman–Crippen MR) is 92.3 cm³/mol. The van der Waals surface area contributed by atoms with Crippen LogP contribution < -0.4 is 14.8 Å². The molecule has 0 heterocycles. The summed E-state index contributed by atoms with van der Waals surface area (Å²) in [7, 11) is 3.23. The van der Waals surface area contributed by atoms with Gasteiger partial charge in [0.2, 0.25) is 5.91 Å². The number of benzene rings is 2. The van der Waals surface area contributed by atoms with Gasteiger partial charge in [-0.2, -0.15) is 0 Å². The largest absolute Gasteiger partial charge is 0.497 e. The molecule has 1 N–H and O–H groups in total. The number of carbonyl (C=O) groups is 1. The van der Waals surface area contributed by atoms with Gasteiger partial charge in [0.1, 0.15) is 11.5 Å². The van der Waals surface area contributed by atoms with Crippen LogP contribution in [0.2, 0.25) is 0 Å². The van der Waals surface area contributed by atoms with Crippen LogP contribution in [0.25, 0.3) is 0 Å². The average Bonchev–Trinajstić information content (AvgIpc) is 2.59. The minimum Gasteiger partial charge on any atom is -0.497 e. The molecule has 0 atom stereocenters. The lowest BCUT2D eigenvalue weighted by Crippen LogP contribution is -2.12. The van der Waals surface area contributed by atoms with Gasteiger partial charge in [-0.25, -0.2) is 0 Å². The monoisotopic (exact) mass is 313 g/mol. The van der Waals surface area contributed by atoms with Crippen molar-refractivity contribution < 1.29 is 14.3 Å². The summed E-state index contributed by atoms with van der Waals surface area (Å²) in [5.41, 5.74) is 3.07. The number of methoxy groups -OCH3 is 2. The molecule has 0 aliphatic heterocycles. The van der Waals surface area contributed by atoms with Gasteiger partial charge in [0.05, 0.1) is 14.2 Å². The molecule has 0 spiro atoms. The van der Waals surface area contributed by atoms with Crippen molar-refractivity contribution in [2.45, 2.75) is 26.2 Å². The van der Waals surface area contributed by atoms with E-state index in [2.05, 4.69) is 18.3 Å². The summed E-state index contributed by atoms with van der Waals surface area (Å²) in [6.07, 6.45) is 1.99. The summed E-state index contributed by atoms with van der Waals surface area (Å²) in [6, 6.07) is 13.6. The molecule has 1 amide bonds. The molecular formula is C19H23NO3. The van der Waals surface area contributed by atoms with Gasteiger partial charge in [-0.15, -0.1) is 0 Å². The molecule has 2 aromatic carbocycles. The first-order chi connectivity index (χ1) is 11.1. The third kappa shape index (κ3) is 5.02. The standard InChI is InChI=1S/C19H23NO3/c1-4-14-6-5-7-16(10-14)20-19(21)9-8-15-11-17(22-2)13-18(12-15)23-3/h5-7,10-13H,4,8-9H2,1-3H3,(H,20,21). The van der Waals surface area contributed by atoms with Gasteiger partial charge in [0.25, 0.3) is 0 Å². The van der Waals surface area contributed by atoms with Crippen LogP contribution in [0.3, 0.4) is 0 Å². The molecule has 23 heavy (non-hydrogen) atoms. The lowest BCUT2D eigenvalue weighted by molar-refractivity contribution is -0.116. The van der Waals surface area contributed by atoms with Crippen molar-refractivity contribution in [2.75, 3.05) is 19.5 Å². The number of hydrogen-bond acceptors (Lipinski definition) is 3. The number of hydrogen-bond donors (Lipinski definition) is 1. The van der Waals surface area contributed by atoms with E-state index >= 15 is 0 Å². The smallest absolute Gasteiger partial charge is 0.224 e. The number of carbonyl (C=O) groups excluding carboxylic acids is 1. The Hall–Kier alpha value is -2.49. The lowest BCUT2D eigenvalue weighted by Gasteiger charge is -2.09. The molecule has 0 bridgehead atoms. The summed E-state index contributed by atoms with van der Waals surface area (Å²) in [4.78, 5) is 12.1. The number of rotatable bonds is 7. The quantitative estimate of drug-likeness (QED) is 0.845. The summed E-state index contributed by atoms with van der Waals surface area (Å²) >= 11 is 0. The van der Waals surface area contributed by atoms with Crippen molar-refractivity contribution in [3.63, 3.8) is 0 Å². The lowest BCUT2D eigenvalue weighted by atomic mass is 10.1. The van der Waals surface area contributed by atoms with Crippen molar-refractivity contribution in [3.8, 4) is 11.5 Å². The van der Waals surface area contributed by atoms with Crippen molar-refractivity contribution in [2.24, 2.45) is 0 Å². The summed E-state index contributed by atoms with van der Waals surface area (Å²) in [5.74, 6) is 1.46. The fourth-order valence-corrected chi connectivity index (χ4v) is 2.36. The molecule has 0 saturated carbocycles. The molecule has 4 nitrogen and oxygen atoms in total. The van der Waals surface area contributed by atoms with E-state index in [0.29, 0.717) is 12.8 Å². The van der Waals surface area contributed by atoms with Gasteiger partial charge in [0, 0.05) is 18.2 Å². The first-order valence-electron chi connectivity index (χ1n) is 7.75. The molecule has 2 rings (SSSR count). The third-order valence-corrected chi connectivity index (χ3v) is 3.67. The zero-order valence-electron chi connectivity index (χ0n) is 13.9. The fraction of sp³-hybridized carbons (Fsp3) is 0.316. The van der Waals surface area contributed by atoms with Crippen LogP contribution >= 0.6 is 0 Å². The van der Waals surface area contributed by atoms with Crippen LogP contribution in [-0.2, 0) is 17.6 Å². The van der Waals surface area contributed by atoms with E-state index in [4.69, 9.17) is 9.47 Å². The fourth-order valence-electron chi connectivity index (χ4n) is 2.36. The Morgan fingerprint density at radius 3 is 2.30 bits per heavy atom. The SMILES string of the molecule is CCc1cccc(NC(=O)CCc2cc(OC)cc(OC)c2)c1. The van der Waals surface area contributed by atoms with E-state index in [1.54, 1.807) is 14.2 Å². The van der Waals surface area contributed by atoms with Crippen LogP contribution in [0.5, 0.6) is 11.5 Å². The summed E-state index contributed by atoms with van der Waals surface area (Å²) < 4.78 is 10.5. The molecule has 122 valence electrons. The van der Waals surface area contributed by atoms with Crippen LogP contribution in [-0.4, -0.2) is 20.1 Å². The maximum atomic E-state index is 12.1. The molecular weight excluding hydrogens is 290 g/mol. The van der Waals surface area contributed by atoms with E-state index in [1.165, 1.54) is 5.56 Å². The van der Waals surface area contributed by atoms with Crippen LogP contribution in [0.15, 0.2) is 42.5 Å². The van der Waals surface area contributed by atoms with Crippen molar-refractivity contribution in [1.82, 2.24) is 0 Å². The molecule has 0 aromatic heterocycles. The molecule has 0 radical (unpaired) electrons. The Bertz CT molecular complexity index is 645. The maximum Gasteiger partial charge on any atom is 0.224 e. The summed E-state index contributed by atoms with van der Waals surface area (Å²) in [5, 5.41) is 2.94. The van der Waals surface area contributed by atoms with Gasteiger partial charge in [-0.1, -0.05) is 19.1 Å². The van der Waals surface area contributed by atoms with Gasteiger partial charge < -0.3 is 14.8 Å². The Kier molecular flexibility index (Phi) is 6.03. The van der Waals surface area contributed by atoms with E-state index in [-0.39, 0.29) is 5.91 Å². The number of nitrogens with one attached hydrogen (secondary N) is 1. The van der Waals surface area contributed by atoms with E-state index in [1.807, 2.05) is 36.4 Å². The van der Waals surface area contributed by atoms with Crippen molar-refractivity contribution in [1.29, 1.82) is 0 Å². The van der Waals surface area contributed by atoms with Crippen molar-refractivity contribution in [3.05, 3.63) is 53.6 Å². The second-order valence-corrected chi connectivity index (χ2v) is 5.32. The number of amides is 1. The minimum atomic E-state index is 0.0000368. The first kappa shape index (κ1) is 16.9. The van der Waals surface area contributed by atoms with Crippen LogP contribution in [0, 0.1) is 0 Å². The molecule has 0 fully saturated rings. The number of aryl methyl sites for hydroxylation is 2. The van der Waals surface area contributed by atoms with Crippen LogP contribution in [0.1, 0.15) is 24.5 Å². The van der Waals surface area contributed by atoms with Gasteiger partial charge in [-0.3, -0.25) is 4.79 Å². The average molecular weight is 313 g/mol. The Morgan fingerprint density at radius 2 is 1.70 bits per heavy atom. The Balaban J connectivity index is 1.96. The third-order valence-electron chi connectivity index (χ3n) is 3.67. The molecule has 0 aliphatic rings. The molecule has 0 saturated heterocycles. The second kappa shape index (κ2) is 8.22. The highest BCUT2D eigenvalue weighted by molar-refractivity contribution is 5.90. The van der Waals surface area contributed by atoms with Crippen LogP contribution in [0.4, 0.5) is 5.69 Å². The highest BCUT2D eigenvalue weighted by Crippen LogP contribution is 2.23. The topological polar surface area (TPSA) is 47.6 Å². The molecule has 0 unspecified atom stereocenters. The Morgan fingerprint density at radius 1 is 1.00 bits per heavy atom. The highest BCUT2D eigenvalue weighted by Gasteiger charge is 2.06. The van der Waals surface area contributed by atoms with Gasteiger partial charge in [0.15, 0.2) is 0 Å². The molecule has 0 aliphatic carbocycles.